The molecular formula is C26H42N2O5. The molecule has 1 saturated heterocycles. The molecule has 1 heterocycles. The molecule has 0 aliphatic carbocycles. The number of methoxy groups -OCH3 is 1. The number of aliphatic hydroxyl groups excluding tert-OH is 2. The second-order valence-electron chi connectivity index (χ2n) is 9.63. The van der Waals surface area contributed by atoms with E-state index in [9.17, 15) is 19.8 Å². The molecule has 7 nitrogen and oxygen atoms in total. The minimum atomic E-state index is -0.859. The van der Waals surface area contributed by atoms with E-state index in [-0.39, 0.29) is 23.8 Å². The van der Waals surface area contributed by atoms with Crippen LogP contribution in [0.4, 0.5) is 0 Å². The molecule has 2 amide bonds. The van der Waals surface area contributed by atoms with Crippen molar-refractivity contribution >= 4 is 11.8 Å². The van der Waals surface area contributed by atoms with E-state index in [0.717, 1.165) is 18.4 Å². The van der Waals surface area contributed by atoms with Gasteiger partial charge >= 0.3 is 0 Å². The molecule has 0 radical (unpaired) electrons. The third kappa shape index (κ3) is 7.80. The smallest absolute Gasteiger partial charge is 0.225 e. The van der Waals surface area contributed by atoms with Crippen molar-refractivity contribution in [1.29, 1.82) is 0 Å². The number of likely N-dealkylation sites (tertiary alicyclic amines) is 1. The number of carbonyl (C=O) groups excluding carboxylic acids is 2. The molecule has 0 spiro atoms. The number of aliphatic hydroxyl groups is 2. The first-order valence-corrected chi connectivity index (χ1v) is 12.2. The van der Waals surface area contributed by atoms with Gasteiger partial charge in [-0.3, -0.25) is 9.59 Å². The van der Waals surface area contributed by atoms with Crippen LogP contribution in [0.5, 0.6) is 0 Å². The van der Waals surface area contributed by atoms with E-state index in [1.54, 1.807) is 25.9 Å². The summed E-state index contributed by atoms with van der Waals surface area (Å²) in [6.45, 7) is 8.75. The topological polar surface area (TPSA) is 99.1 Å². The summed E-state index contributed by atoms with van der Waals surface area (Å²) in [5, 5.41) is 24.2. The van der Waals surface area contributed by atoms with Crippen LogP contribution in [-0.2, 0) is 14.3 Å². The van der Waals surface area contributed by atoms with E-state index in [0.29, 0.717) is 31.8 Å². The Hall–Kier alpha value is -1.96. The van der Waals surface area contributed by atoms with Gasteiger partial charge < -0.3 is 25.2 Å². The average Bonchev–Trinajstić information content (AvgIpc) is 3.32. The molecule has 1 aliphatic rings. The van der Waals surface area contributed by atoms with Crippen molar-refractivity contribution < 1.29 is 24.5 Å². The molecule has 0 bridgehead atoms. The zero-order valence-corrected chi connectivity index (χ0v) is 20.7. The third-order valence-electron chi connectivity index (χ3n) is 7.07. The molecule has 7 heteroatoms. The number of nitrogens with one attached hydrogen (secondary N) is 1. The fourth-order valence-electron chi connectivity index (χ4n) is 4.43. The molecular weight excluding hydrogens is 420 g/mol. The molecule has 3 N–H and O–H groups in total. The Bertz CT molecular complexity index is 743. The average molecular weight is 463 g/mol. The van der Waals surface area contributed by atoms with Crippen molar-refractivity contribution in [2.24, 2.45) is 17.8 Å². The zero-order valence-electron chi connectivity index (χ0n) is 20.7. The predicted octanol–water partition coefficient (Wildman–Crippen LogP) is 2.91. The van der Waals surface area contributed by atoms with Gasteiger partial charge in [-0.25, -0.2) is 0 Å². The SMILES string of the molecule is CC[C@H](C)C[C@@H](CC(=O)N1CCC([C@H](O)[C@@H](C)C(=O)N[C@H](C)[C@@H](O)c2ccccc2)C1)OC. The van der Waals surface area contributed by atoms with E-state index >= 15 is 0 Å². The quantitative estimate of drug-likeness (QED) is 0.444. The number of hydrogen-bond donors (Lipinski definition) is 3. The van der Waals surface area contributed by atoms with Gasteiger partial charge in [0.05, 0.1) is 36.7 Å². The molecule has 2 rings (SSSR count). The lowest BCUT2D eigenvalue weighted by Gasteiger charge is -2.27. The Balaban J connectivity index is 1.85. The van der Waals surface area contributed by atoms with Crippen molar-refractivity contribution in [3.63, 3.8) is 0 Å². The highest BCUT2D eigenvalue weighted by molar-refractivity contribution is 5.79. The maximum absolute atomic E-state index is 12.8. The predicted molar refractivity (Wildman–Crippen MR) is 128 cm³/mol. The molecule has 7 atom stereocenters. The van der Waals surface area contributed by atoms with Gasteiger partial charge in [-0.2, -0.15) is 0 Å². The highest BCUT2D eigenvalue weighted by Gasteiger charge is 2.37. The van der Waals surface area contributed by atoms with Gasteiger partial charge in [-0.1, -0.05) is 57.5 Å². The van der Waals surface area contributed by atoms with Gasteiger partial charge in [0.15, 0.2) is 0 Å². The summed E-state index contributed by atoms with van der Waals surface area (Å²) in [6, 6.07) is 8.68. The molecule has 0 aromatic heterocycles. The van der Waals surface area contributed by atoms with Crippen LogP contribution in [0.3, 0.4) is 0 Å². The summed E-state index contributed by atoms with van der Waals surface area (Å²) < 4.78 is 5.51. The van der Waals surface area contributed by atoms with Crippen LogP contribution in [0.25, 0.3) is 0 Å². The van der Waals surface area contributed by atoms with Crippen LogP contribution in [0.2, 0.25) is 0 Å². The first-order valence-electron chi connectivity index (χ1n) is 12.2. The van der Waals surface area contributed by atoms with Crippen LogP contribution < -0.4 is 5.32 Å². The Morgan fingerprint density at radius 1 is 1.18 bits per heavy atom. The number of amides is 2. The minimum absolute atomic E-state index is 0.0385. The Kier molecular flexibility index (Phi) is 10.8. The molecule has 33 heavy (non-hydrogen) atoms. The Labute approximate surface area is 198 Å². The van der Waals surface area contributed by atoms with Crippen molar-refractivity contribution in [3.05, 3.63) is 35.9 Å². The lowest BCUT2D eigenvalue weighted by atomic mass is 9.90. The summed E-state index contributed by atoms with van der Waals surface area (Å²) in [5.41, 5.74) is 0.728. The summed E-state index contributed by atoms with van der Waals surface area (Å²) >= 11 is 0. The van der Waals surface area contributed by atoms with Crippen LogP contribution in [0, 0.1) is 17.8 Å². The van der Waals surface area contributed by atoms with Crippen molar-refractivity contribution in [1.82, 2.24) is 10.2 Å². The normalized spacial score (nSPS) is 21.7. The fourth-order valence-corrected chi connectivity index (χ4v) is 4.43. The monoisotopic (exact) mass is 462 g/mol. The number of carbonyl (C=O) groups is 2. The van der Waals surface area contributed by atoms with Gasteiger partial charge in [-0.05, 0) is 31.2 Å². The lowest BCUT2D eigenvalue weighted by Crippen LogP contribution is -2.45. The van der Waals surface area contributed by atoms with E-state index in [4.69, 9.17) is 4.74 Å². The number of benzene rings is 1. The number of rotatable bonds is 12. The number of nitrogens with zero attached hydrogens (tertiary/aromatic N) is 1. The summed E-state index contributed by atoms with van der Waals surface area (Å²) in [6.07, 6.45) is 1.12. The highest BCUT2D eigenvalue weighted by atomic mass is 16.5. The molecule has 186 valence electrons. The van der Waals surface area contributed by atoms with Gasteiger partial charge in [0.1, 0.15) is 0 Å². The van der Waals surface area contributed by atoms with Gasteiger partial charge in [0.2, 0.25) is 11.8 Å². The van der Waals surface area contributed by atoms with E-state index < -0.39 is 24.2 Å². The zero-order chi connectivity index (χ0) is 24.5. The first-order chi connectivity index (χ1) is 15.7. The summed E-state index contributed by atoms with van der Waals surface area (Å²) in [7, 11) is 1.65. The highest BCUT2D eigenvalue weighted by Crippen LogP contribution is 2.26. The molecule has 1 aromatic carbocycles. The summed E-state index contributed by atoms with van der Waals surface area (Å²) in [4.78, 5) is 27.3. The van der Waals surface area contributed by atoms with Crippen LogP contribution in [-0.4, -0.2) is 65.4 Å². The van der Waals surface area contributed by atoms with Crippen molar-refractivity contribution in [2.45, 2.75) is 77.7 Å². The Morgan fingerprint density at radius 3 is 2.45 bits per heavy atom. The number of hydrogen-bond acceptors (Lipinski definition) is 5. The standard InChI is InChI=1S/C26H42N2O5/c1-6-17(2)14-22(33-5)15-23(29)28-13-12-21(16-28)24(30)18(3)26(32)27-19(4)25(31)20-10-8-7-9-11-20/h7-11,17-19,21-22,24-25,30-31H,6,12-16H2,1-5H3,(H,27,32)/t17-,18+,19+,21?,22-,24+,25+/m0/s1. The number of ether oxygens (including phenoxy) is 1. The van der Waals surface area contributed by atoms with Gasteiger partial charge in [0.25, 0.3) is 0 Å². The van der Waals surface area contributed by atoms with Gasteiger partial charge in [0, 0.05) is 26.1 Å². The second-order valence-corrected chi connectivity index (χ2v) is 9.63. The summed E-state index contributed by atoms with van der Waals surface area (Å²) in [5.74, 6) is -0.565. The third-order valence-corrected chi connectivity index (χ3v) is 7.07. The molecule has 1 aliphatic heterocycles. The van der Waals surface area contributed by atoms with Crippen molar-refractivity contribution in [3.8, 4) is 0 Å². The van der Waals surface area contributed by atoms with Crippen LogP contribution in [0.1, 0.15) is 65.0 Å². The first kappa shape index (κ1) is 27.3. The van der Waals surface area contributed by atoms with E-state index in [2.05, 4.69) is 19.2 Å². The molecule has 0 saturated carbocycles. The lowest BCUT2D eigenvalue weighted by molar-refractivity contribution is -0.133. The maximum atomic E-state index is 12.8. The van der Waals surface area contributed by atoms with Gasteiger partial charge in [-0.15, -0.1) is 0 Å². The van der Waals surface area contributed by atoms with E-state index in [1.807, 2.05) is 30.3 Å². The maximum Gasteiger partial charge on any atom is 0.225 e. The van der Waals surface area contributed by atoms with E-state index in [1.165, 1.54) is 0 Å². The largest absolute Gasteiger partial charge is 0.392 e. The minimum Gasteiger partial charge on any atom is -0.392 e. The fraction of sp³-hybridized carbons (Fsp3) is 0.692. The second kappa shape index (κ2) is 13.1. The van der Waals surface area contributed by atoms with Crippen LogP contribution in [0.15, 0.2) is 30.3 Å². The molecule has 1 fully saturated rings. The molecule has 1 unspecified atom stereocenters. The van der Waals surface area contributed by atoms with Crippen LogP contribution >= 0.6 is 0 Å². The Morgan fingerprint density at radius 2 is 1.85 bits per heavy atom. The van der Waals surface area contributed by atoms with Crippen molar-refractivity contribution in [2.75, 3.05) is 20.2 Å². The molecule has 1 aromatic rings.